The van der Waals surface area contributed by atoms with Crippen molar-refractivity contribution in [2.75, 3.05) is 25.0 Å². The molecule has 7 heteroatoms. The van der Waals surface area contributed by atoms with Gasteiger partial charge in [0.2, 0.25) is 9.84 Å². The van der Waals surface area contributed by atoms with Gasteiger partial charge in [0.25, 0.3) is 5.91 Å². The van der Waals surface area contributed by atoms with Crippen LogP contribution in [-0.4, -0.2) is 40.2 Å². The Hall–Kier alpha value is -3.45. The zero-order valence-corrected chi connectivity index (χ0v) is 17.9. The van der Waals surface area contributed by atoms with Crippen molar-refractivity contribution in [1.82, 2.24) is 5.32 Å². The van der Waals surface area contributed by atoms with Gasteiger partial charge in [-0.1, -0.05) is 30.3 Å². The van der Waals surface area contributed by atoms with Crippen molar-refractivity contribution < 1.29 is 18.0 Å². The van der Waals surface area contributed by atoms with Gasteiger partial charge in [-0.2, -0.15) is 0 Å². The van der Waals surface area contributed by atoms with Crippen molar-refractivity contribution in [3.63, 3.8) is 0 Å². The van der Waals surface area contributed by atoms with Gasteiger partial charge in [-0.05, 0) is 48.9 Å². The van der Waals surface area contributed by atoms with Crippen LogP contribution in [0.25, 0.3) is 0 Å². The fourth-order valence-corrected chi connectivity index (χ4v) is 5.33. The second-order valence-corrected chi connectivity index (χ2v) is 9.29. The van der Waals surface area contributed by atoms with Crippen LogP contribution in [0, 0.1) is 0 Å². The molecular weight excluding hydrogens is 412 g/mol. The Morgan fingerprint density at radius 3 is 2.35 bits per heavy atom. The number of hydrogen-bond donors (Lipinski definition) is 1. The molecule has 0 saturated heterocycles. The second kappa shape index (κ2) is 8.35. The number of nitrogens with zero attached hydrogens (tertiary/aromatic N) is 1. The molecule has 0 fully saturated rings. The number of sulfone groups is 1. The normalized spacial score (nSPS) is 13.8. The summed E-state index contributed by atoms with van der Waals surface area (Å²) in [6, 6.07) is 20.3. The molecule has 0 spiro atoms. The lowest BCUT2D eigenvalue weighted by Gasteiger charge is -2.20. The molecule has 0 radical (unpaired) electrons. The number of nitrogens with one attached hydrogen (secondary N) is 1. The van der Waals surface area contributed by atoms with E-state index in [2.05, 4.69) is 10.2 Å². The summed E-state index contributed by atoms with van der Waals surface area (Å²) < 4.78 is 26.0. The Morgan fingerprint density at radius 2 is 1.58 bits per heavy atom. The van der Waals surface area contributed by atoms with Gasteiger partial charge < -0.3 is 10.2 Å². The lowest BCUT2D eigenvalue weighted by molar-refractivity contribution is 0.0951. The van der Waals surface area contributed by atoms with E-state index in [0.717, 1.165) is 18.7 Å². The third kappa shape index (κ3) is 3.96. The first-order valence-corrected chi connectivity index (χ1v) is 11.4. The fourth-order valence-electron chi connectivity index (χ4n) is 3.66. The highest BCUT2D eigenvalue weighted by molar-refractivity contribution is 7.91. The summed E-state index contributed by atoms with van der Waals surface area (Å²) in [7, 11) is -1.88. The standard InChI is InChI=1S/C24H22N2O4S/c1-26(18-8-3-2-4-9-18)15-7-14-25-24(28)17-12-13-20-22(16-17)31(29,30)21-11-6-5-10-19(21)23(20)27/h2-6,8-13,16H,7,14-15H2,1H3,(H,25,28). The fraction of sp³-hybridized carbons (Fsp3) is 0.167. The predicted molar refractivity (Wildman–Crippen MR) is 118 cm³/mol. The largest absolute Gasteiger partial charge is 0.375 e. The molecule has 0 saturated carbocycles. The maximum absolute atomic E-state index is 13.0. The zero-order valence-electron chi connectivity index (χ0n) is 17.0. The number of fused-ring (bicyclic) bond motifs is 2. The van der Waals surface area contributed by atoms with E-state index in [1.54, 1.807) is 12.1 Å². The van der Waals surface area contributed by atoms with Gasteiger partial charge in [-0.25, -0.2) is 8.42 Å². The van der Waals surface area contributed by atoms with Crippen molar-refractivity contribution in [2.24, 2.45) is 0 Å². The van der Waals surface area contributed by atoms with E-state index in [1.807, 2.05) is 37.4 Å². The van der Waals surface area contributed by atoms with E-state index in [1.165, 1.54) is 30.3 Å². The number of para-hydroxylation sites is 1. The Balaban J connectivity index is 1.45. The minimum atomic E-state index is -3.86. The van der Waals surface area contributed by atoms with E-state index in [0.29, 0.717) is 6.54 Å². The summed E-state index contributed by atoms with van der Waals surface area (Å²) >= 11 is 0. The molecule has 1 N–H and O–H groups in total. The highest BCUT2D eigenvalue weighted by Gasteiger charge is 2.34. The molecular formula is C24H22N2O4S. The summed E-state index contributed by atoms with van der Waals surface area (Å²) in [5.41, 5.74) is 1.57. The molecule has 1 heterocycles. The molecule has 3 aromatic carbocycles. The van der Waals surface area contributed by atoms with Crippen LogP contribution in [-0.2, 0) is 9.84 Å². The van der Waals surface area contributed by atoms with Gasteiger partial charge >= 0.3 is 0 Å². The van der Waals surface area contributed by atoms with Crippen LogP contribution in [0.1, 0.15) is 32.7 Å². The maximum atomic E-state index is 13.0. The molecule has 0 bridgehead atoms. The molecule has 0 atom stereocenters. The molecule has 0 unspecified atom stereocenters. The number of anilines is 1. The number of rotatable bonds is 6. The first kappa shape index (κ1) is 20.8. The van der Waals surface area contributed by atoms with Gasteiger partial charge in [-0.15, -0.1) is 0 Å². The summed E-state index contributed by atoms with van der Waals surface area (Å²) in [5.74, 6) is -0.719. The number of carbonyl (C=O) groups excluding carboxylic acids is 2. The Morgan fingerprint density at radius 1 is 0.903 bits per heavy atom. The summed E-state index contributed by atoms with van der Waals surface area (Å²) in [6.45, 7) is 1.20. The average Bonchev–Trinajstić information content (AvgIpc) is 2.80. The summed E-state index contributed by atoms with van der Waals surface area (Å²) in [4.78, 5) is 27.2. The molecule has 1 aliphatic heterocycles. The lowest BCUT2D eigenvalue weighted by atomic mass is 10.0. The minimum Gasteiger partial charge on any atom is -0.375 e. The maximum Gasteiger partial charge on any atom is 0.251 e. The lowest BCUT2D eigenvalue weighted by Crippen LogP contribution is -2.28. The number of ketones is 1. The molecule has 3 aromatic rings. The van der Waals surface area contributed by atoms with Crippen molar-refractivity contribution >= 4 is 27.2 Å². The van der Waals surface area contributed by atoms with E-state index < -0.39 is 9.84 Å². The third-order valence-corrected chi connectivity index (χ3v) is 7.20. The van der Waals surface area contributed by atoms with Gasteiger partial charge in [-0.3, -0.25) is 9.59 Å². The second-order valence-electron chi connectivity index (χ2n) is 7.41. The number of benzene rings is 3. The van der Waals surface area contributed by atoms with Crippen LogP contribution < -0.4 is 10.2 Å². The Kier molecular flexibility index (Phi) is 5.61. The Labute approximate surface area is 181 Å². The first-order valence-electron chi connectivity index (χ1n) is 9.97. The summed E-state index contributed by atoms with van der Waals surface area (Å²) in [5, 5.41) is 2.82. The van der Waals surface area contributed by atoms with E-state index in [4.69, 9.17) is 0 Å². The van der Waals surface area contributed by atoms with Gasteiger partial charge in [0.15, 0.2) is 5.78 Å². The molecule has 158 valence electrons. The summed E-state index contributed by atoms with van der Waals surface area (Å²) in [6.07, 6.45) is 0.728. The molecule has 0 aromatic heterocycles. The molecule has 0 aliphatic carbocycles. The van der Waals surface area contributed by atoms with Gasteiger partial charge in [0.1, 0.15) is 0 Å². The number of carbonyl (C=O) groups is 2. The van der Waals surface area contributed by atoms with Crippen molar-refractivity contribution in [3.8, 4) is 0 Å². The number of amides is 1. The highest BCUT2D eigenvalue weighted by Crippen LogP contribution is 2.34. The molecule has 1 amide bonds. The predicted octanol–water partition coefficient (Wildman–Crippen LogP) is 3.32. The first-order chi connectivity index (χ1) is 14.9. The zero-order chi connectivity index (χ0) is 22.0. The minimum absolute atomic E-state index is 0.0194. The average molecular weight is 435 g/mol. The van der Waals surface area contributed by atoms with Crippen LogP contribution >= 0.6 is 0 Å². The topological polar surface area (TPSA) is 83.6 Å². The van der Waals surface area contributed by atoms with E-state index in [-0.39, 0.29) is 38.2 Å². The van der Waals surface area contributed by atoms with Crippen LogP contribution in [0.3, 0.4) is 0 Å². The van der Waals surface area contributed by atoms with Crippen LogP contribution in [0.4, 0.5) is 5.69 Å². The van der Waals surface area contributed by atoms with Crippen molar-refractivity contribution in [3.05, 3.63) is 89.5 Å². The quantitative estimate of drug-likeness (QED) is 0.471. The highest BCUT2D eigenvalue weighted by atomic mass is 32.2. The van der Waals surface area contributed by atoms with Crippen molar-refractivity contribution in [2.45, 2.75) is 16.2 Å². The Bertz CT molecular complexity index is 1250. The van der Waals surface area contributed by atoms with Crippen molar-refractivity contribution in [1.29, 1.82) is 0 Å². The van der Waals surface area contributed by atoms with Crippen LogP contribution in [0.15, 0.2) is 82.6 Å². The molecule has 4 rings (SSSR count). The molecule has 6 nitrogen and oxygen atoms in total. The van der Waals surface area contributed by atoms with Crippen LogP contribution in [0.5, 0.6) is 0 Å². The van der Waals surface area contributed by atoms with Gasteiger partial charge in [0.05, 0.1) is 9.79 Å². The van der Waals surface area contributed by atoms with Crippen LogP contribution in [0.2, 0.25) is 0 Å². The smallest absolute Gasteiger partial charge is 0.251 e. The molecule has 1 aliphatic rings. The monoisotopic (exact) mass is 434 g/mol. The third-order valence-electron chi connectivity index (χ3n) is 5.35. The van der Waals surface area contributed by atoms with Gasteiger partial charge in [0, 0.05) is 42.5 Å². The van der Waals surface area contributed by atoms with E-state index in [9.17, 15) is 18.0 Å². The molecule has 31 heavy (non-hydrogen) atoms. The van der Waals surface area contributed by atoms with E-state index >= 15 is 0 Å². The number of hydrogen-bond acceptors (Lipinski definition) is 5. The SMILES string of the molecule is CN(CCCNC(=O)c1ccc2c(c1)S(=O)(=O)c1ccccc1C2=O)c1ccccc1.